The lowest BCUT2D eigenvalue weighted by molar-refractivity contribution is 0.0394. The summed E-state index contributed by atoms with van der Waals surface area (Å²) < 4.78 is 12.2. The van der Waals surface area contributed by atoms with Crippen molar-refractivity contribution in [2.75, 3.05) is 24.7 Å². The molecule has 0 amide bonds. The minimum absolute atomic E-state index is 0.0505. The van der Waals surface area contributed by atoms with Gasteiger partial charge in [0.15, 0.2) is 5.76 Å². The molecule has 3 aliphatic rings. The molecule has 2 heterocycles. The van der Waals surface area contributed by atoms with E-state index in [2.05, 4.69) is 35.8 Å². The van der Waals surface area contributed by atoms with Crippen molar-refractivity contribution in [2.24, 2.45) is 0 Å². The molecule has 1 fully saturated rings. The molecule has 168 valence electrons. The number of hydrogen-bond donors (Lipinski definition) is 0. The van der Waals surface area contributed by atoms with Crippen molar-refractivity contribution in [3.63, 3.8) is 0 Å². The third-order valence-electron chi connectivity index (χ3n) is 7.06. The molecule has 5 rings (SSSR count). The summed E-state index contributed by atoms with van der Waals surface area (Å²) in [5.74, 6) is 1.86. The molecular weight excluding hydrogens is 400 g/mol. The molecule has 0 atom stereocenters. The van der Waals surface area contributed by atoms with E-state index in [0.717, 1.165) is 36.5 Å². The molecule has 2 aliphatic heterocycles. The number of fused-ring (bicyclic) bond motifs is 3. The van der Waals surface area contributed by atoms with E-state index < -0.39 is 0 Å². The predicted octanol–water partition coefficient (Wildman–Crippen LogP) is 5.63. The zero-order valence-electron chi connectivity index (χ0n) is 19.1. The molecule has 0 bridgehead atoms. The van der Waals surface area contributed by atoms with Gasteiger partial charge in [0, 0.05) is 31.4 Å². The Morgan fingerprint density at radius 2 is 1.78 bits per heavy atom. The maximum absolute atomic E-state index is 13.1. The summed E-state index contributed by atoms with van der Waals surface area (Å²) in [6.07, 6.45) is 8.21. The van der Waals surface area contributed by atoms with Crippen LogP contribution in [0, 0.1) is 0 Å². The van der Waals surface area contributed by atoms with E-state index in [-0.39, 0.29) is 5.78 Å². The molecule has 0 aromatic heterocycles. The van der Waals surface area contributed by atoms with Crippen LogP contribution >= 0.6 is 0 Å². The van der Waals surface area contributed by atoms with Gasteiger partial charge in [0.05, 0.1) is 11.1 Å². The van der Waals surface area contributed by atoms with E-state index in [0.29, 0.717) is 29.8 Å². The number of ketones is 1. The van der Waals surface area contributed by atoms with Gasteiger partial charge in [0.2, 0.25) is 5.78 Å². The second kappa shape index (κ2) is 8.99. The number of rotatable bonds is 5. The van der Waals surface area contributed by atoms with E-state index in [1.54, 1.807) is 0 Å². The topological polar surface area (TPSA) is 42.0 Å². The molecule has 5 nitrogen and oxygen atoms in total. The fourth-order valence-electron chi connectivity index (χ4n) is 5.18. The maximum Gasteiger partial charge on any atom is 0.231 e. The van der Waals surface area contributed by atoms with Gasteiger partial charge in [-0.3, -0.25) is 9.69 Å². The number of carbonyl (C=O) groups is 1. The zero-order chi connectivity index (χ0) is 22.1. The summed E-state index contributed by atoms with van der Waals surface area (Å²) >= 11 is 0. The quantitative estimate of drug-likeness (QED) is 0.573. The van der Waals surface area contributed by atoms with Crippen LogP contribution in [0.15, 0.2) is 42.2 Å². The molecule has 0 N–H and O–H groups in total. The van der Waals surface area contributed by atoms with Crippen molar-refractivity contribution in [3.8, 4) is 11.5 Å². The number of carbonyl (C=O) groups excluding carboxylic acids is 1. The van der Waals surface area contributed by atoms with Gasteiger partial charge in [0.1, 0.15) is 18.2 Å². The minimum atomic E-state index is -0.0505. The Labute approximate surface area is 190 Å². The van der Waals surface area contributed by atoms with Gasteiger partial charge in [-0.05, 0) is 62.6 Å². The zero-order valence-corrected chi connectivity index (χ0v) is 19.1. The Bertz CT molecular complexity index is 1020. The van der Waals surface area contributed by atoms with E-state index in [9.17, 15) is 4.79 Å². The first-order chi connectivity index (χ1) is 15.7. The third-order valence-corrected chi connectivity index (χ3v) is 7.06. The maximum atomic E-state index is 13.1. The molecule has 32 heavy (non-hydrogen) atoms. The average molecular weight is 433 g/mol. The molecule has 1 saturated carbocycles. The summed E-state index contributed by atoms with van der Waals surface area (Å²) in [7, 11) is 0. The summed E-state index contributed by atoms with van der Waals surface area (Å²) in [6.45, 7) is 7.65. The lowest BCUT2D eigenvalue weighted by Gasteiger charge is -2.37. The highest BCUT2D eigenvalue weighted by Crippen LogP contribution is 2.43. The molecule has 0 unspecified atom stereocenters. The normalized spacial score (nSPS) is 19.9. The van der Waals surface area contributed by atoms with Gasteiger partial charge in [-0.15, -0.1) is 0 Å². The number of hydrogen-bond acceptors (Lipinski definition) is 5. The van der Waals surface area contributed by atoms with E-state index >= 15 is 0 Å². The molecule has 0 radical (unpaired) electrons. The lowest BCUT2D eigenvalue weighted by atomic mass is 9.93. The standard InChI is InChI=1S/C27H32N2O3/c1-3-28(4-2)21-12-10-19(11-13-21)16-25-26(30)22-14-15-24-23(27(22)32-25)17-29(18-31-24)20-8-6-5-7-9-20/h10-16,20H,3-9,17-18H2,1-2H3/b25-16+. The van der Waals surface area contributed by atoms with Gasteiger partial charge >= 0.3 is 0 Å². The summed E-state index contributed by atoms with van der Waals surface area (Å²) in [6, 6.07) is 12.6. The van der Waals surface area contributed by atoms with Crippen LogP contribution in [0.5, 0.6) is 11.5 Å². The summed E-state index contributed by atoms with van der Waals surface area (Å²) in [5.41, 5.74) is 3.80. The second-order valence-electron chi connectivity index (χ2n) is 8.93. The van der Waals surface area contributed by atoms with Crippen molar-refractivity contribution >= 4 is 17.5 Å². The molecule has 2 aromatic rings. The van der Waals surface area contributed by atoms with Crippen LogP contribution in [0.4, 0.5) is 5.69 Å². The third kappa shape index (κ3) is 3.90. The SMILES string of the molecule is CCN(CC)c1ccc(/C=C2/Oc3c(ccc4c3CN(C3CCCCC3)CO4)C2=O)cc1. The smallest absolute Gasteiger partial charge is 0.231 e. The van der Waals surface area contributed by atoms with Crippen molar-refractivity contribution in [1.82, 2.24) is 4.90 Å². The van der Waals surface area contributed by atoms with Gasteiger partial charge in [-0.2, -0.15) is 0 Å². The Morgan fingerprint density at radius 1 is 1.03 bits per heavy atom. The van der Waals surface area contributed by atoms with Gasteiger partial charge < -0.3 is 14.4 Å². The number of nitrogens with zero attached hydrogens (tertiary/aromatic N) is 2. The van der Waals surface area contributed by atoms with Crippen molar-refractivity contribution in [2.45, 2.75) is 58.5 Å². The van der Waals surface area contributed by atoms with Crippen molar-refractivity contribution < 1.29 is 14.3 Å². The van der Waals surface area contributed by atoms with Crippen LogP contribution in [-0.4, -0.2) is 36.5 Å². The number of anilines is 1. The number of benzene rings is 2. The summed E-state index contributed by atoms with van der Waals surface area (Å²) in [4.78, 5) is 17.8. The average Bonchev–Trinajstić information content (AvgIpc) is 3.16. The lowest BCUT2D eigenvalue weighted by Crippen LogP contribution is -2.41. The van der Waals surface area contributed by atoms with E-state index in [4.69, 9.17) is 9.47 Å². The first kappa shape index (κ1) is 21.1. The van der Waals surface area contributed by atoms with Crippen molar-refractivity contribution in [1.29, 1.82) is 0 Å². The molecule has 5 heteroatoms. The fraction of sp³-hybridized carbons (Fsp3) is 0.444. The van der Waals surface area contributed by atoms with E-state index in [1.165, 1.54) is 37.8 Å². The largest absolute Gasteiger partial charge is 0.478 e. The molecule has 0 saturated heterocycles. The van der Waals surface area contributed by atoms with Crippen LogP contribution < -0.4 is 14.4 Å². The Morgan fingerprint density at radius 3 is 2.50 bits per heavy atom. The number of allylic oxidation sites excluding steroid dienone is 1. The summed E-state index contributed by atoms with van der Waals surface area (Å²) in [5, 5.41) is 0. The monoisotopic (exact) mass is 432 g/mol. The molecule has 2 aromatic carbocycles. The van der Waals surface area contributed by atoms with Crippen LogP contribution in [-0.2, 0) is 6.54 Å². The molecule has 1 aliphatic carbocycles. The Balaban J connectivity index is 1.38. The van der Waals surface area contributed by atoms with Gasteiger partial charge in [-0.1, -0.05) is 31.4 Å². The van der Waals surface area contributed by atoms with Crippen LogP contribution in [0.2, 0.25) is 0 Å². The molecular formula is C27H32N2O3. The van der Waals surface area contributed by atoms with Crippen LogP contribution in [0.1, 0.15) is 67.4 Å². The highest BCUT2D eigenvalue weighted by molar-refractivity contribution is 6.15. The number of ether oxygens (including phenoxy) is 2. The minimum Gasteiger partial charge on any atom is -0.478 e. The Hall–Kier alpha value is -2.79. The van der Waals surface area contributed by atoms with Crippen LogP contribution in [0.25, 0.3) is 6.08 Å². The first-order valence-corrected chi connectivity index (χ1v) is 12.0. The van der Waals surface area contributed by atoms with Gasteiger partial charge in [0.25, 0.3) is 0 Å². The Kier molecular flexibility index (Phi) is 5.92. The predicted molar refractivity (Wildman–Crippen MR) is 127 cm³/mol. The highest BCUT2D eigenvalue weighted by Gasteiger charge is 2.35. The van der Waals surface area contributed by atoms with Crippen molar-refractivity contribution in [3.05, 3.63) is 58.8 Å². The number of Topliss-reactive ketones (excluding diaryl/α,β-unsaturated/α-hetero) is 1. The highest BCUT2D eigenvalue weighted by atomic mass is 16.5. The second-order valence-corrected chi connectivity index (χ2v) is 8.93. The fourth-order valence-corrected chi connectivity index (χ4v) is 5.18. The van der Waals surface area contributed by atoms with Gasteiger partial charge in [-0.25, -0.2) is 0 Å². The van der Waals surface area contributed by atoms with Crippen LogP contribution in [0.3, 0.4) is 0 Å². The molecule has 0 spiro atoms. The first-order valence-electron chi connectivity index (χ1n) is 12.0. The van der Waals surface area contributed by atoms with E-state index in [1.807, 2.05) is 30.3 Å².